The molecule has 1 aromatic carbocycles. The fourth-order valence-electron chi connectivity index (χ4n) is 2.89. The summed E-state index contributed by atoms with van der Waals surface area (Å²) in [4.78, 5) is 2.63. The van der Waals surface area contributed by atoms with Crippen molar-refractivity contribution in [1.29, 1.82) is 0 Å². The first-order valence-electron chi connectivity index (χ1n) is 7.47. The van der Waals surface area contributed by atoms with Gasteiger partial charge in [-0.15, -0.1) is 0 Å². The molecule has 6 heteroatoms. The van der Waals surface area contributed by atoms with Crippen molar-refractivity contribution in [2.75, 3.05) is 19.6 Å². The van der Waals surface area contributed by atoms with Crippen LogP contribution in [-0.2, 0) is 16.6 Å². The van der Waals surface area contributed by atoms with Crippen LogP contribution in [0.5, 0.6) is 0 Å². The fraction of sp³-hybridized carbons (Fsp3) is 0.600. The quantitative estimate of drug-likeness (QED) is 0.828. The maximum Gasteiger partial charge on any atom is 0.241 e. The maximum absolute atomic E-state index is 12.5. The number of likely N-dealkylation sites (tertiary alicyclic amines) is 1. The van der Waals surface area contributed by atoms with Gasteiger partial charge >= 0.3 is 0 Å². The van der Waals surface area contributed by atoms with Gasteiger partial charge in [-0.3, -0.25) is 0 Å². The van der Waals surface area contributed by atoms with E-state index in [1.807, 2.05) is 19.9 Å². The molecule has 0 spiro atoms. The van der Waals surface area contributed by atoms with Crippen molar-refractivity contribution < 1.29 is 8.42 Å². The third kappa shape index (κ3) is 4.03. The molecule has 1 saturated heterocycles. The van der Waals surface area contributed by atoms with Gasteiger partial charge in [0.25, 0.3) is 0 Å². The zero-order chi connectivity index (χ0) is 15.5. The summed E-state index contributed by atoms with van der Waals surface area (Å²) in [6.45, 7) is 6.95. The molecule has 1 fully saturated rings. The van der Waals surface area contributed by atoms with Gasteiger partial charge in [-0.25, -0.2) is 13.1 Å². The standard InChI is InChI=1S/C15H25N3O2S/c1-12(11-18-8-3-4-9-18)17-21(19,20)15-7-5-6-14(10-16)13(15)2/h5-7,12,17H,3-4,8-11,16H2,1-2H3. The van der Waals surface area contributed by atoms with Crippen molar-refractivity contribution in [3.05, 3.63) is 29.3 Å². The number of nitrogens with one attached hydrogen (secondary N) is 1. The summed E-state index contributed by atoms with van der Waals surface area (Å²) in [6.07, 6.45) is 2.41. The second kappa shape index (κ2) is 6.87. The lowest BCUT2D eigenvalue weighted by Crippen LogP contribution is -2.41. The molecule has 1 aromatic rings. The van der Waals surface area contributed by atoms with E-state index in [4.69, 9.17) is 5.73 Å². The van der Waals surface area contributed by atoms with Crippen LogP contribution in [0.25, 0.3) is 0 Å². The van der Waals surface area contributed by atoms with Crippen molar-refractivity contribution in [2.24, 2.45) is 5.73 Å². The summed E-state index contributed by atoms with van der Waals surface area (Å²) in [7, 11) is -3.50. The molecule has 2 rings (SSSR count). The first-order chi connectivity index (χ1) is 9.94. The molecule has 0 amide bonds. The van der Waals surface area contributed by atoms with Crippen LogP contribution in [-0.4, -0.2) is 39.0 Å². The monoisotopic (exact) mass is 311 g/mol. The molecule has 118 valence electrons. The predicted molar refractivity (Wildman–Crippen MR) is 84.5 cm³/mol. The Morgan fingerprint density at radius 3 is 2.62 bits per heavy atom. The SMILES string of the molecule is Cc1c(CN)cccc1S(=O)(=O)NC(C)CN1CCCC1. The smallest absolute Gasteiger partial charge is 0.241 e. The molecule has 3 N–H and O–H groups in total. The molecule has 1 unspecified atom stereocenters. The largest absolute Gasteiger partial charge is 0.326 e. The Kier molecular flexibility index (Phi) is 5.37. The highest BCUT2D eigenvalue weighted by Gasteiger charge is 2.22. The third-order valence-corrected chi connectivity index (χ3v) is 5.73. The number of hydrogen-bond acceptors (Lipinski definition) is 4. The van der Waals surface area contributed by atoms with Crippen LogP contribution in [0.4, 0.5) is 0 Å². The number of hydrogen-bond donors (Lipinski definition) is 2. The average Bonchev–Trinajstić information content (AvgIpc) is 2.90. The van der Waals surface area contributed by atoms with E-state index in [1.165, 1.54) is 12.8 Å². The lowest BCUT2D eigenvalue weighted by Gasteiger charge is -2.21. The highest BCUT2D eigenvalue weighted by atomic mass is 32.2. The molecule has 1 heterocycles. The van der Waals surface area contributed by atoms with Crippen LogP contribution in [0.3, 0.4) is 0 Å². The van der Waals surface area contributed by atoms with E-state index in [1.54, 1.807) is 12.1 Å². The molecule has 0 saturated carbocycles. The Hall–Kier alpha value is -0.950. The van der Waals surface area contributed by atoms with Crippen molar-refractivity contribution in [2.45, 2.75) is 44.2 Å². The lowest BCUT2D eigenvalue weighted by atomic mass is 10.1. The zero-order valence-corrected chi connectivity index (χ0v) is 13.6. The second-order valence-corrected chi connectivity index (χ2v) is 7.46. The molecular formula is C15H25N3O2S. The van der Waals surface area contributed by atoms with Gasteiger partial charge in [0, 0.05) is 19.1 Å². The van der Waals surface area contributed by atoms with Gasteiger partial charge in [0.15, 0.2) is 0 Å². The first-order valence-corrected chi connectivity index (χ1v) is 8.95. The van der Waals surface area contributed by atoms with Gasteiger partial charge in [0.1, 0.15) is 0 Å². The molecule has 21 heavy (non-hydrogen) atoms. The molecule has 0 aromatic heterocycles. The molecule has 0 bridgehead atoms. The summed E-state index contributed by atoms with van der Waals surface area (Å²) in [6, 6.07) is 5.14. The Morgan fingerprint density at radius 1 is 1.33 bits per heavy atom. The number of nitrogens with two attached hydrogens (primary N) is 1. The minimum Gasteiger partial charge on any atom is -0.326 e. The molecule has 0 radical (unpaired) electrons. The Bertz CT molecular complexity index is 581. The van der Waals surface area contributed by atoms with E-state index >= 15 is 0 Å². The van der Waals surface area contributed by atoms with E-state index in [0.29, 0.717) is 11.4 Å². The van der Waals surface area contributed by atoms with E-state index in [0.717, 1.165) is 30.8 Å². The van der Waals surface area contributed by atoms with Crippen molar-refractivity contribution >= 4 is 10.0 Å². The molecule has 1 aliphatic rings. The Labute approximate surface area is 127 Å². The summed E-state index contributed by atoms with van der Waals surface area (Å²) < 4.78 is 27.9. The molecular weight excluding hydrogens is 286 g/mol. The third-order valence-electron chi connectivity index (χ3n) is 3.99. The Balaban J connectivity index is 2.10. The van der Waals surface area contributed by atoms with E-state index in [2.05, 4.69) is 9.62 Å². The topological polar surface area (TPSA) is 75.4 Å². The highest BCUT2D eigenvalue weighted by Crippen LogP contribution is 2.19. The summed E-state index contributed by atoms with van der Waals surface area (Å²) >= 11 is 0. The fourth-order valence-corrected chi connectivity index (χ4v) is 4.41. The van der Waals surface area contributed by atoms with Crippen LogP contribution in [0, 0.1) is 6.92 Å². The van der Waals surface area contributed by atoms with Gasteiger partial charge in [0.2, 0.25) is 10.0 Å². The summed E-state index contributed by atoms with van der Waals surface area (Å²) in [5.74, 6) is 0. The van der Waals surface area contributed by atoms with Crippen LogP contribution >= 0.6 is 0 Å². The molecule has 1 aliphatic heterocycles. The van der Waals surface area contributed by atoms with E-state index in [9.17, 15) is 8.42 Å². The Morgan fingerprint density at radius 2 is 2.00 bits per heavy atom. The normalized spacial score (nSPS) is 18.0. The second-order valence-electron chi connectivity index (χ2n) is 5.77. The van der Waals surface area contributed by atoms with Gasteiger partial charge in [-0.05, 0) is 57.0 Å². The highest BCUT2D eigenvalue weighted by molar-refractivity contribution is 7.89. The van der Waals surface area contributed by atoms with Crippen LogP contribution in [0.15, 0.2) is 23.1 Å². The molecule has 5 nitrogen and oxygen atoms in total. The van der Waals surface area contributed by atoms with Crippen molar-refractivity contribution in [3.63, 3.8) is 0 Å². The molecule has 0 aliphatic carbocycles. The number of rotatable bonds is 6. The van der Waals surface area contributed by atoms with Gasteiger partial charge in [-0.1, -0.05) is 12.1 Å². The first kappa shape index (κ1) is 16.4. The average molecular weight is 311 g/mol. The summed E-state index contributed by atoms with van der Waals surface area (Å²) in [5.41, 5.74) is 7.25. The lowest BCUT2D eigenvalue weighted by molar-refractivity contribution is 0.312. The van der Waals surface area contributed by atoms with Gasteiger partial charge in [-0.2, -0.15) is 0 Å². The molecule has 1 atom stereocenters. The maximum atomic E-state index is 12.5. The summed E-state index contributed by atoms with van der Waals surface area (Å²) in [5, 5.41) is 0. The van der Waals surface area contributed by atoms with Gasteiger partial charge in [0.05, 0.1) is 4.90 Å². The van der Waals surface area contributed by atoms with Gasteiger partial charge < -0.3 is 10.6 Å². The number of nitrogens with zero attached hydrogens (tertiary/aromatic N) is 1. The van der Waals surface area contributed by atoms with E-state index < -0.39 is 10.0 Å². The predicted octanol–water partition coefficient (Wildman–Crippen LogP) is 1.22. The van der Waals surface area contributed by atoms with Crippen LogP contribution in [0.2, 0.25) is 0 Å². The van der Waals surface area contributed by atoms with Crippen molar-refractivity contribution in [3.8, 4) is 0 Å². The van der Waals surface area contributed by atoms with Crippen LogP contribution < -0.4 is 10.5 Å². The number of benzene rings is 1. The van der Waals surface area contributed by atoms with Crippen LogP contribution in [0.1, 0.15) is 30.9 Å². The minimum absolute atomic E-state index is 0.103. The zero-order valence-electron chi connectivity index (χ0n) is 12.8. The van der Waals surface area contributed by atoms with E-state index in [-0.39, 0.29) is 6.04 Å². The van der Waals surface area contributed by atoms with Crippen molar-refractivity contribution in [1.82, 2.24) is 9.62 Å². The number of sulfonamides is 1. The minimum atomic E-state index is -3.50.